The highest BCUT2D eigenvalue weighted by Gasteiger charge is 2.27. The summed E-state index contributed by atoms with van der Waals surface area (Å²) >= 11 is 0. The third kappa shape index (κ3) is 5.31. The van der Waals surface area contributed by atoms with E-state index < -0.39 is 11.4 Å². The summed E-state index contributed by atoms with van der Waals surface area (Å²) in [7, 11) is 0. The molecule has 0 aromatic heterocycles. The minimum absolute atomic E-state index is 0.323. The molecule has 0 atom stereocenters. The van der Waals surface area contributed by atoms with Crippen LogP contribution < -0.4 is 5.43 Å². The van der Waals surface area contributed by atoms with Gasteiger partial charge in [0.05, 0.1) is 5.54 Å². The number of nitrogens with one attached hydrogen (secondary N) is 1. The number of benzene rings is 1. The molecule has 21 heavy (non-hydrogen) atoms. The molecule has 4 heteroatoms. The van der Waals surface area contributed by atoms with Gasteiger partial charge in [-0.1, -0.05) is 31.0 Å². The summed E-state index contributed by atoms with van der Waals surface area (Å²) in [5.74, 6) is 4.65. The fourth-order valence-corrected chi connectivity index (χ4v) is 1.60. The van der Waals surface area contributed by atoms with Crippen LogP contribution in [0.5, 0.6) is 0 Å². The van der Waals surface area contributed by atoms with Crippen LogP contribution in [0.25, 0.3) is 0 Å². The Balaban J connectivity index is 2.88. The zero-order valence-electron chi connectivity index (χ0n) is 13.1. The van der Waals surface area contributed by atoms with Crippen molar-refractivity contribution in [1.29, 1.82) is 0 Å². The lowest BCUT2D eigenvalue weighted by atomic mass is 10.1. The summed E-state index contributed by atoms with van der Waals surface area (Å²) in [6.07, 6.45) is 1.56. The van der Waals surface area contributed by atoms with Gasteiger partial charge in [-0.2, -0.15) is 0 Å². The lowest BCUT2D eigenvalue weighted by Gasteiger charge is -2.33. The van der Waals surface area contributed by atoms with Crippen LogP contribution >= 0.6 is 0 Å². The number of amides is 2. The van der Waals surface area contributed by atoms with Crippen LogP contribution in [0.15, 0.2) is 30.3 Å². The van der Waals surface area contributed by atoms with Gasteiger partial charge in [-0.25, -0.2) is 5.01 Å². The van der Waals surface area contributed by atoms with Crippen molar-refractivity contribution in [1.82, 2.24) is 10.4 Å². The van der Waals surface area contributed by atoms with Crippen LogP contribution in [0, 0.1) is 11.8 Å². The summed E-state index contributed by atoms with van der Waals surface area (Å²) in [5, 5.41) is 1.28. The van der Waals surface area contributed by atoms with E-state index in [1.54, 1.807) is 24.3 Å². The van der Waals surface area contributed by atoms with Crippen LogP contribution in [0.4, 0.5) is 0 Å². The van der Waals surface area contributed by atoms with Crippen LogP contribution in [0.2, 0.25) is 0 Å². The average Bonchev–Trinajstić information content (AvgIpc) is 2.44. The summed E-state index contributed by atoms with van der Waals surface area (Å²) in [5.41, 5.74) is 2.59. The normalized spacial score (nSPS) is 10.3. The molecule has 0 saturated carbocycles. The van der Waals surface area contributed by atoms with Crippen molar-refractivity contribution in [3.05, 3.63) is 35.9 Å². The SMILES string of the molecule is CCCC#CC(=O)N(NC(=O)c1ccccc1)C(C)(C)C. The van der Waals surface area contributed by atoms with Gasteiger partial charge in [-0.3, -0.25) is 15.0 Å². The summed E-state index contributed by atoms with van der Waals surface area (Å²) < 4.78 is 0. The Morgan fingerprint density at radius 2 is 1.81 bits per heavy atom. The van der Waals surface area contributed by atoms with E-state index in [4.69, 9.17) is 0 Å². The summed E-state index contributed by atoms with van der Waals surface area (Å²) in [6, 6.07) is 8.78. The van der Waals surface area contributed by atoms with Crippen molar-refractivity contribution >= 4 is 11.8 Å². The molecule has 1 rings (SSSR count). The van der Waals surface area contributed by atoms with Gasteiger partial charge in [-0.05, 0) is 45.2 Å². The predicted octanol–water partition coefficient (Wildman–Crippen LogP) is 2.76. The van der Waals surface area contributed by atoms with Gasteiger partial charge in [0.15, 0.2) is 0 Å². The molecule has 1 aromatic rings. The van der Waals surface area contributed by atoms with E-state index in [1.807, 2.05) is 33.8 Å². The molecule has 0 fully saturated rings. The Morgan fingerprint density at radius 1 is 1.19 bits per heavy atom. The van der Waals surface area contributed by atoms with Crippen LogP contribution in [0.3, 0.4) is 0 Å². The number of nitrogens with zero attached hydrogens (tertiary/aromatic N) is 1. The number of carbonyl (C=O) groups excluding carboxylic acids is 2. The molecule has 0 bridgehead atoms. The van der Waals surface area contributed by atoms with Crippen molar-refractivity contribution in [3.8, 4) is 11.8 Å². The molecule has 0 radical (unpaired) electrons. The third-order valence-electron chi connectivity index (χ3n) is 2.69. The Labute approximate surface area is 126 Å². The first-order valence-corrected chi connectivity index (χ1v) is 7.05. The topological polar surface area (TPSA) is 49.4 Å². The van der Waals surface area contributed by atoms with Crippen molar-refractivity contribution < 1.29 is 9.59 Å². The van der Waals surface area contributed by atoms with Crippen molar-refractivity contribution in [2.24, 2.45) is 0 Å². The zero-order chi connectivity index (χ0) is 15.9. The molecule has 0 aliphatic carbocycles. The van der Waals surface area contributed by atoms with Crippen LogP contribution in [0.1, 0.15) is 50.9 Å². The maximum Gasteiger partial charge on any atom is 0.317 e. The first-order valence-electron chi connectivity index (χ1n) is 7.05. The summed E-state index contributed by atoms with van der Waals surface area (Å²) in [6.45, 7) is 7.53. The fourth-order valence-electron chi connectivity index (χ4n) is 1.60. The monoisotopic (exact) mass is 286 g/mol. The van der Waals surface area contributed by atoms with Gasteiger partial charge in [0.1, 0.15) is 0 Å². The second-order valence-electron chi connectivity index (χ2n) is 5.67. The molecule has 0 saturated heterocycles. The molecule has 1 aromatic carbocycles. The second-order valence-corrected chi connectivity index (χ2v) is 5.67. The van der Waals surface area contributed by atoms with E-state index in [0.29, 0.717) is 12.0 Å². The Bertz CT molecular complexity index is 548. The number of carbonyl (C=O) groups is 2. The number of hydrogen-bond acceptors (Lipinski definition) is 2. The smallest absolute Gasteiger partial charge is 0.267 e. The standard InChI is InChI=1S/C17H22N2O2/c1-5-6-8-13-15(20)19(17(2,3)4)18-16(21)14-11-9-7-10-12-14/h7,9-12H,5-6H2,1-4H3,(H,18,21). The highest BCUT2D eigenvalue weighted by Crippen LogP contribution is 2.11. The van der Waals surface area contributed by atoms with E-state index in [0.717, 1.165) is 6.42 Å². The molecular weight excluding hydrogens is 264 g/mol. The molecule has 2 amide bonds. The van der Waals surface area contributed by atoms with E-state index in [1.165, 1.54) is 5.01 Å². The lowest BCUT2D eigenvalue weighted by molar-refractivity contribution is -0.132. The zero-order valence-corrected chi connectivity index (χ0v) is 13.1. The Morgan fingerprint density at radius 3 is 2.33 bits per heavy atom. The van der Waals surface area contributed by atoms with Crippen LogP contribution in [-0.4, -0.2) is 22.4 Å². The molecule has 0 unspecified atom stereocenters. The highest BCUT2D eigenvalue weighted by molar-refractivity contribution is 5.99. The quantitative estimate of drug-likeness (QED) is 0.671. The molecule has 1 N–H and O–H groups in total. The lowest BCUT2D eigenvalue weighted by Crippen LogP contribution is -2.55. The number of rotatable bonds is 2. The predicted molar refractivity (Wildman–Crippen MR) is 83.2 cm³/mol. The van der Waals surface area contributed by atoms with Gasteiger partial charge in [0.25, 0.3) is 5.91 Å². The fraction of sp³-hybridized carbons (Fsp3) is 0.412. The van der Waals surface area contributed by atoms with Gasteiger partial charge in [0.2, 0.25) is 0 Å². The van der Waals surface area contributed by atoms with E-state index in [9.17, 15) is 9.59 Å². The van der Waals surface area contributed by atoms with Gasteiger partial charge >= 0.3 is 5.91 Å². The highest BCUT2D eigenvalue weighted by atomic mass is 16.2. The maximum atomic E-state index is 12.2. The first kappa shape index (κ1) is 16.8. The van der Waals surface area contributed by atoms with E-state index >= 15 is 0 Å². The van der Waals surface area contributed by atoms with Gasteiger partial charge < -0.3 is 0 Å². The molecule has 0 spiro atoms. The Hall–Kier alpha value is -2.28. The number of hydrazine groups is 1. The molecule has 112 valence electrons. The minimum atomic E-state index is -0.553. The van der Waals surface area contributed by atoms with Crippen LogP contribution in [-0.2, 0) is 4.79 Å². The second kappa shape index (κ2) is 7.49. The van der Waals surface area contributed by atoms with E-state index in [-0.39, 0.29) is 5.91 Å². The molecule has 0 aliphatic heterocycles. The number of unbranched alkanes of at least 4 members (excludes halogenated alkanes) is 1. The maximum absolute atomic E-state index is 12.2. The first-order chi connectivity index (χ1) is 9.86. The van der Waals surface area contributed by atoms with E-state index in [2.05, 4.69) is 17.3 Å². The largest absolute Gasteiger partial charge is 0.317 e. The molecule has 0 heterocycles. The van der Waals surface area contributed by atoms with Crippen molar-refractivity contribution in [2.75, 3.05) is 0 Å². The molecular formula is C17H22N2O2. The molecule has 4 nitrogen and oxygen atoms in total. The van der Waals surface area contributed by atoms with Crippen molar-refractivity contribution in [2.45, 2.75) is 46.1 Å². The number of hydrogen-bond donors (Lipinski definition) is 1. The molecule has 0 aliphatic rings. The van der Waals surface area contributed by atoms with Crippen molar-refractivity contribution in [3.63, 3.8) is 0 Å². The average molecular weight is 286 g/mol. The minimum Gasteiger partial charge on any atom is -0.267 e. The summed E-state index contributed by atoms with van der Waals surface area (Å²) in [4.78, 5) is 24.4. The van der Waals surface area contributed by atoms with Gasteiger partial charge in [-0.15, -0.1) is 0 Å². The Kier molecular flexibility index (Phi) is 5.98. The third-order valence-corrected chi connectivity index (χ3v) is 2.69. The van der Waals surface area contributed by atoms with Gasteiger partial charge in [0, 0.05) is 12.0 Å².